The Bertz CT molecular complexity index is 970. The largest absolute Gasteiger partial charge is 0.493 e. The van der Waals surface area contributed by atoms with E-state index in [9.17, 15) is 4.79 Å². The monoisotopic (exact) mass is 409 g/mol. The van der Waals surface area contributed by atoms with Crippen molar-refractivity contribution >= 4 is 11.7 Å². The number of hydrogen-bond donors (Lipinski definition) is 2. The van der Waals surface area contributed by atoms with Crippen LogP contribution in [0.25, 0.3) is 0 Å². The van der Waals surface area contributed by atoms with Gasteiger partial charge in [-0.1, -0.05) is 18.2 Å². The summed E-state index contributed by atoms with van der Waals surface area (Å²) in [7, 11) is 4.62. The Hall–Kier alpha value is -3.94. The van der Waals surface area contributed by atoms with Gasteiger partial charge in [-0.25, -0.2) is 9.78 Å². The highest BCUT2D eigenvalue weighted by atomic mass is 16.5. The Balaban J connectivity index is 1.67. The van der Waals surface area contributed by atoms with Crippen LogP contribution in [0.3, 0.4) is 0 Å². The second-order valence-electron chi connectivity index (χ2n) is 6.11. The number of carbonyl (C=O) groups is 1. The molecule has 8 nitrogen and oxygen atoms in total. The minimum Gasteiger partial charge on any atom is -0.493 e. The normalized spacial score (nSPS) is 10.1. The zero-order valence-electron chi connectivity index (χ0n) is 17.0. The molecule has 8 heteroatoms. The molecule has 2 N–H and O–H groups in total. The van der Waals surface area contributed by atoms with Crippen LogP contribution in [0.4, 0.5) is 10.5 Å². The summed E-state index contributed by atoms with van der Waals surface area (Å²) in [5.41, 5.74) is 1.23. The van der Waals surface area contributed by atoms with Gasteiger partial charge >= 0.3 is 6.03 Å². The van der Waals surface area contributed by atoms with Crippen molar-refractivity contribution in [3.63, 3.8) is 0 Å². The van der Waals surface area contributed by atoms with E-state index in [-0.39, 0.29) is 6.54 Å². The molecule has 0 bridgehead atoms. The van der Waals surface area contributed by atoms with Crippen molar-refractivity contribution < 1.29 is 23.7 Å². The number of methoxy groups -OCH3 is 3. The van der Waals surface area contributed by atoms with Crippen molar-refractivity contribution in [3.05, 3.63) is 66.4 Å². The average Bonchev–Trinajstić information content (AvgIpc) is 2.78. The van der Waals surface area contributed by atoms with Crippen molar-refractivity contribution in [2.75, 3.05) is 26.6 Å². The van der Waals surface area contributed by atoms with Crippen LogP contribution in [0.15, 0.2) is 60.8 Å². The molecular formula is C22H23N3O5. The van der Waals surface area contributed by atoms with E-state index in [4.69, 9.17) is 18.9 Å². The topological polar surface area (TPSA) is 90.9 Å². The van der Waals surface area contributed by atoms with Crippen molar-refractivity contribution in [2.45, 2.75) is 6.54 Å². The molecule has 1 aromatic heterocycles. The highest BCUT2D eigenvalue weighted by molar-refractivity contribution is 5.90. The van der Waals surface area contributed by atoms with Crippen LogP contribution in [0.5, 0.6) is 28.9 Å². The molecule has 0 aliphatic heterocycles. The van der Waals surface area contributed by atoms with Crippen LogP contribution in [-0.4, -0.2) is 32.3 Å². The van der Waals surface area contributed by atoms with Gasteiger partial charge < -0.3 is 29.6 Å². The van der Waals surface area contributed by atoms with E-state index < -0.39 is 6.03 Å². The first-order valence-corrected chi connectivity index (χ1v) is 9.16. The second kappa shape index (κ2) is 10.0. The van der Waals surface area contributed by atoms with Gasteiger partial charge in [-0.2, -0.15) is 0 Å². The van der Waals surface area contributed by atoms with E-state index >= 15 is 0 Å². The molecule has 0 fully saturated rings. The lowest BCUT2D eigenvalue weighted by atomic mass is 10.2. The highest BCUT2D eigenvalue weighted by Gasteiger charge is 2.14. The van der Waals surface area contributed by atoms with Gasteiger partial charge in [-0.05, 0) is 42.0 Å². The molecule has 3 rings (SSSR count). The molecule has 0 radical (unpaired) electrons. The van der Waals surface area contributed by atoms with Crippen molar-refractivity contribution in [1.82, 2.24) is 10.3 Å². The summed E-state index contributed by atoms with van der Waals surface area (Å²) >= 11 is 0. The Morgan fingerprint density at radius 1 is 0.933 bits per heavy atom. The minimum atomic E-state index is -0.408. The van der Waals surface area contributed by atoms with Crippen molar-refractivity contribution in [3.8, 4) is 28.9 Å². The van der Waals surface area contributed by atoms with Gasteiger partial charge in [0.2, 0.25) is 11.6 Å². The van der Waals surface area contributed by atoms with E-state index in [2.05, 4.69) is 15.6 Å². The van der Waals surface area contributed by atoms with Crippen molar-refractivity contribution in [1.29, 1.82) is 0 Å². The summed E-state index contributed by atoms with van der Waals surface area (Å²) in [6, 6.07) is 15.8. The minimum absolute atomic E-state index is 0.248. The van der Waals surface area contributed by atoms with Crippen LogP contribution >= 0.6 is 0 Å². The summed E-state index contributed by atoms with van der Waals surface area (Å²) < 4.78 is 21.7. The number of urea groups is 1. The van der Waals surface area contributed by atoms with E-state index in [1.165, 1.54) is 21.3 Å². The molecule has 0 spiro atoms. The number of hydrogen-bond acceptors (Lipinski definition) is 6. The Morgan fingerprint density at radius 3 is 2.27 bits per heavy atom. The molecule has 0 aliphatic rings. The lowest BCUT2D eigenvalue weighted by Crippen LogP contribution is -2.28. The van der Waals surface area contributed by atoms with Gasteiger partial charge in [0, 0.05) is 12.7 Å². The van der Waals surface area contributed by atoms with E-state index in [1.54, 1.807) is 30.5 Å². The molecule has 2 amide bonds. The zero-order valence-corrected chi connectivity index (χ0v) is 17.0. The van der Waals surface area contributed by atoms with Crippen LogP contribution in [0, 0.1) is 0 Å². The number of anilines is 1. The number of amides is 2. The number of nitrogens with one attached hydrogen (secondary N) is 2. The summed E-state index contributed by atoms with van der Waals surface area (Å²) in [5.74, 6) is 2.44. The first-order valence-electron chi connectivity index (χ1n) is 9.16. The maximum atomic E-state index is 12.4. The predicted molar refractivity (Wildman–Crippen MR) is 113 cm³/mol. The van der Waals surface area contributed by atoms with Gasteiger partial charge in [0.25, 0.3) is 0 Å². The van der Waals surface area contributed by atoms with Crippen LogP contribution in [0.1, 0.15) is 5.56 Å². The van der Waals surface area contributed by atoms with Gasteiger partial charge in [-0.15, -0.1) is 0 Å². The standard InChI is InChI=1S/C22H23N3O5/c1-27-18-12-15(13-19(28-2)20(18)29-3)14-24-22(26)25-17-10-7-11-23-21(17)30-16-8-5-4-6-9-16/h4-13H,14H2,1-3H3,(H2,24,25,26). The summed E-state index contributed by atoms with van der Waals surface area (Å²) in [4.78, 5) is 16.6. The summed E-state index contributed by atoms with van der Waals surface area (Å²) in [6.45, 7) is 0.248. The van der Waals surface area contributed by atoms with Crippen molar-refractivity contribution in [2.24, 2.45) is 0 Å². The fraction of sp³-hybridized carbons (Fsp3) is 0.182. The van der Waals surface area contributed by atoms with Gasteiger partial charge in [0.05, 0.1) is 21.3 Å². The Kier molecular flexibility index (Phi) is 6.94. The molecule has 0 atom stereocenters. The van der Waals surface area contributed by atoms with Crippen LogP contribution in [0.2, 0.25) is 0 Å². The fourth-order valence-electron chi connectivity index (χ4n) is 2.75. The molecule has 0 saturated carbocycles. The number of benzene rings is 2. The predicted octanol–water partition coefficient (Wildman–Crippen LogP) is 4.22. The molecule has 0 aliphatic carbocycles. The number of nitrogens with zero attached hydrogens (tertiary/aromatic N) is 1. The van der Waals surface area contributed by atoms with Crippen LogP contribution in [-0.2, 0) is 6.54 Å². The summed E-state index contributed by atoms with van der Waals surface area (Å²) in [5, 5.41) is 5.55. The SMILES string of the molecule is COc1cc(CNC(=O)Nc2cccnc2Oc2ccccc2)cc(OC)c1OC. The molecule has 156 valence electrons. The quantitative estimate of drug-likeness (QED) is 0.579. The first kappa shape index (κ1) is 20.8. The van der Waals surface area contributed by atoms with E-state index in [1.807, 2.05) is 30.3 Å². The molecule has 30 heavy (non-hydrogen) atoms. The van der Waals surface area contributed by atoms with E-state index in [0.717, 1.165) is 5.56 Å². The van der Waals surface area contributed by atoms with Gasteiger partial charge in [-0.3, -0.25) is 0 Å². The molecule has 2 aromatic carbocycles. The summed E-state index contributed by atoms with van der Waals surface area (Å²) in [6.07, 6.45) is 1.59. The third-order valence-electron chi connectivity index (χ3n) is 4.15. The number of para-hydroxylation sites is 1. The molecule has 3 aromatic rings. The van der Waals surface area contributed by atoms with Gasteiger partial charge in [0.15, 0.2) is 11.5 Å². The third-order valence-corrected chi connectivity index (χ3v) is 4.15. The van der Waals surface area contributed by atoms with Gasteiger partial charge in [0.1, 0.15) is 11.4 Å². The van der Waals surface area contributed by atoms with Crippen LogP contribution < -0.4 is 29.6 Å². The number of carbonyl (C=O) groups excluding carboxylic acids is 1. The maximum absolute atomic E-state index is 12.4. The highest BCUT2D eigenvalue weighted by Crippen LogP contribution is 2.38. The number of ether oxygens (including phenoxy) is 4. The smallest absolute Gasteiger partial charge is 0.319 e. The number of aromatic nitrogens is 1. The molecule has 0 saturated heterocycles. The molecule has 0 unspecified atom stereocenters. The third kappa shape index (κ3) is 5.11. The lowest BCUT2D eigenvalue weighted by Gasteiger charge is -2.15. The van der Waals surface area contributed by atoms with E-state index in [0.29, 0.717) is 34.6 Å². The first-order chi connectivity index (χ1) is 14.6. The Labute approximate surface area is 174 Å². The molecular weight excluding hydrogens is 386 g/mol. The second-order valence-corrected chi connectivity index (χ2v) is 6.11. The average molecular weight is 409 g/mol. The maximum Gasteiger partial charge on any atom is 0.319 e. The number of rotatable bonds is 8. The Morgan fingerprint density at radius 2 is 1.63 bits per heavy atom. The lowest BCUT2D eigenvalue weighted by molar-refractivity contribution is 0.251. The molecule has 1 heterocycles. The fourth-order valence-corrected chi connectivity index (χ4v) is 2.75. The zero-order chi connectivity index (χ0) is 21.3. The number of pyridine rings is 1.